The number of nitrogens with one attached hydrogen (secondary N) is 1. The van der Waals surface area contributed by atoms with Gasteiger partial charge >= 0.3 is 5.13 Å². The van der Waals surface area contributed by atoms with Crippen molar-refractivity contribution in [3.8, 4) is 22.1 Å². The molecule has 182 valence electrons. The zero-order chi connectivity index (χ0) is 25.4. The lowest BCUT2D eigenvalue weighted by molar-refractivity contribution is -0.728. The third-order valence-corrected chi connectivity index (χ3v) is 7.59. The monoisotopic (exact) mass is 501 g/mol. The summed E-state index contributed by atoms with van der Waals surface area (Å²) in [6.07, 6.45) is 0. The number of aromatic nitrogens is 1. The summed E-state index contributed by atoms with van der Waals surface area (Å²) in [5.74, 6) is -0.572. The quantitative estimate of drug-likeness (QED) is 0.396. The molecule has 0 radical (unpaired) electrons. The third kappa shape index (κ3) is 3.99. The van der Waals surface area contributed by atoms with Crippen LogP contribution < -0.4 is 24.6 Å². The van der Waals surface area contributed by atoms with Crippen molar-refractivity contribution in [2.24, 2.45) is 0 Å². The fraction of sp³-hybridized carbons (Fsp3) is 0.143. The first-order chi connectivity index (χ1) is 17.4. The molecule has 4 aromatic rings. The number of nitrogens with zero attached hydrogens (tertiary/aromatic N) is 2. The predicted octanol–water partition coefficient (Wildman–Crippen LogP) is 4.88. The summed E-state index contributed by atoms with van der Waals surface area (Å²) in [6.45, 7) is 1.83. The summed E-state index contributed by atoms with van der Waals surface area (Å²) in [6, 6.07) is 21.7. The SMILES string of the molecule is COc1ccccc1NC(=O)C1=C(C)N(C)c2sc(-c3ccccc3)c([O-])[n+]2C1c1cccc(F)c1. The Labute approximate surface area is 212 Å². The van der Waals surface area contributed by atoms with Crippen molar-refractivity contribution in [2.75, 3.05) is 24.4 Å². The zero-order valence-corrected chi connectivity index (χ0v) is 20.8. The van der Waals surface area contributed by atoms with Gasteiger partial charge < -0.3 is 15.2 Å². The van der Waals surface area contributed by atoms with Crippen LogP contribution in [-0.2, 0) is 4.79 Å². The minimum Gasteiger partial charge on any atom is -0.841 e. The molecule has 8 heteroatoms. The molecule has 1 aromatic heterocycles. The number of ether oxygens (including phenoxy) is 1. The van der Waals surface area contributed by atoms with Gasteiger partial charge in [0.15, 0.2) is 6.04 Å². The van der Waals surface area contributed by atoms with Crippen LogP contribution in [0.4, 0.5) is 15.2 Å². The molecule has 1 unspecified atom stereocenters. The Kier molecular flexibility index (Phi) is 6.20. The summed E-state index contributed by atoms with van der Waals surface area (Å²) in [7, 11) is 3.35. The summed E-state index contributed by atoms with van der Waals surface area (Å²) < 4.78 is 21.4. The summed E-state index contributed by atoms with van der Waals surface area (Å²) in [5.41, 5.74) is 2.81. The molecule has 2 heterocycles. The normalized spacial score (nSPS) is 15.0. The van der Waals surface area contributed by atoms with E-state index in [2.05, 4.69) is 5.32 Å². The van der Waals surface area contributed by atoms with E-state index in [9.17, 15) is 14.3 Å². The number of halogens is 1. The van der Waals surface area contributed by atoms with E-state index in [4.69, 9.17) is 4.74 Å². The van der Waals surface area contributed by atoms with Crippen LogP contribution in [0.5, 0.6) is 11.6 Å². The first-order valence-corrected chi connectivity index (χ1v) is 12.2. The maximum atomic E-state index is 14.4. The number of para-hydroxylation sites is 2. The van der Waals surface area contributed by atoms with Crippen LogP contribution in [0.2, 0.25) is 0 Å². The van der Waals surface area contributed by atoms with E-state index in [0.29, 0.717) is 38.3 Å². The molecule has 1 aliphatic heterocycles. The van der Waals surface area contributed by atoms with Gasteiger partial charge in [0.2, 0.25) is 0 Å². The van der Waals surface area contributed by atoms with Crippen molar-refractivity contribution in [2.45, 2.75) is 13.0 Å². The lowest BCUT2D eigenvalue weighted by Crippen LogP contribution is -2.52. The molecule has 1 N–H and O–H groups in total. The number of allylic oxidation sites excluding steroid dienone is 1. The van der Waals surface area contributed by atoms with Gasteiger partial charge in [-0.3, -0.25) is 4.79 Å². The second-order valence-electron chi connectivity index (χ2n) is 8.42. The zero-order valence-electron chi connectivity index (χ0n) is 20.0. The number of rotatable bonds is 5. The van der Waals surface area contributed by atoms with Crippen molar-refractivity contribution in [1.82, 2.24) is 0 Å². The van der Waals surface area contributed by atoms with Gasteiger partial charge in [-0.1, -0.05) is 54.6 Å². The molecule has 1 amide bonds. The Morgan fingerprint density at radius 3 is 2.53 bits per heavy atom. The highest BCUT2D eigenvalue weighted by Gasteiger charge is 2.43. The standard InChI is InChI=1S/C28H24FN3O3S/c1-17-23(26(33)30-21-14-7-8-15-22(21)35-3)24(19-12-9-13-20(29)16-19)32-27(34)25(36-28(32)31(17)2)18-10-5-4-6-11-18/h4-16,24H,1-3H3,(H-,30,33,34). The smallest absolute Gasteiger partial charge is 0.341 e. The molecular formula is C28H24FN3O3S. The topological polar surface area (TPSA) is 68.5 Å². The van der Waals surface area contributed by atoms with Crippen LogP contribution >= 0.6 is 11.3 Å². The van der Waals surface area contributed by atoms with E-state index in [0.717, 1.165) is 5.56 Å². The average Bonchev–Trinajstić information content (AvgIpc) is 3.23. The van der Waals surface area contributed by atoms with Crippen LogP contribution in [0.1, 0.15) is 18.5 Å². The van der Waals surface area contributed by atoms with Gasteiger partial charge in [-0.15, -0.1) is 0 Å². The Morgan fingerprint density at radius 2 is 1.81 bits per heavy atom. The van der Waals surface area contributed by atoms with Gasteiger partial charge in [0.25, 0.3) is 5.91 Å². The van der Waals surface area contributed by atoms with Crippen LogP contribution in [0.3, 0.4) is 0 Å². The summed E-state index contributed by atoms with van der Waals surface area (Å²) >= 11 is 1.35. The fourth-order valence-electron chi connectivity index (χ4n) is 4.48. The molecule has 3 aromatic carbocycles. The molecule has 6 nitrogen and oxygen atoms in total. The Morgan fingerprint density at radius 1 is 1.08 bits per heavy atom. The molecule has 0 aliphatic carbocycles. The van der Waals surface area contributed by atoms with Crippen molar-refractivity contribution >= 4 is 28.1 Å². The first kappa shape index (κ1) is 23.6. The van der Waals surface area contributed by atoms with Crippen molar-refractivity contribution in [3.63, 3.8) is 0 Å². The van der Waals surface area contributed by atoms with Gasteiger partial charge in [0.1, 0.15) is 22.8 Å². The number of fused-ring (bicyclic) bond motifs is 1. The number of carbonyl (C=O) groups excluding carboxylic acids is 1. The van der Waals surface area contributed by atoms with E-state index in [-0.39, 0.29) is 5.88 Å². The van der Waals surface area contributed by atoms with E-state index in [1.807, 2.05) is 55.3 Å². The minimum absolute atomic E-state index is 0.239. The number of hydrogen-bond acceptors (Lipinski definition) is 5. The Bertz CT molecular complexity index is 1480. The van der Waals surface area contributed by atoms with Gasteiger partial charge in [-0.05, 0) is 48.1 Å². The van der Waals surface area contributed by atoms with Crippen LogP contribution in [0, 0.1) is 5.82 Å². The fourth-order valence-corrected chi connectivity index (χ4v) is 5.66. The molecule has 1 aliphatic rings. The summed E-state index contributed by atoms with van der Waals surface area (Å²) in [5, 5.41) is 17.4. The van der Waals surface area contributed by atoms with E-state index >= 15 is 0 Å². The molecule has 0 fully saturated rings. The number of methoxy groups -OCH3 is 1. The predicted molar refractivity (Wildman–Crippen MR) is 137 cm³/mol. The minimum atomic E-state index is -0.817. The van der Waals surface area contributed by atoms with E-state index in [1.54, 1.807) is 34.9 Å². The third-order valence-electron chi connectivity index (χ3n) is 6.32. The Balaban J connectivity index is 1.69. The van der Waals surface area contributed by atoms with Gasteiger partial charge in [0, 0.05) is 5.56 Å². The first-order valence-electron chi connectivity index (χ1n) is 11.4. The van der Waals surface area contributed by atoms with Crippen molar-refractivity contribution < 1.29 is 23.6 Å². The summed E-state index contributed by atoms with van der Waals surface area (Å²) in [4.78, 5) is 16.2. The van der Waals surface area contributed by atoms with Crippen molar-refractivity contribution in [1.29, 1.82) is 0 Å². The van der Waals surface area contributed by atoms with Gasteiger partial charge in [-0.2, -0.15) is 0 Å². The number of carbonyl (C=O) groups is 1. The van der Waals surface area contributed by atoms with Crippen molar-refractivity contribution in [3.05, 3.63) is 102 Å². The Hall–Kier alpha value is -4.17. The molecule has 0 saturated heterocycles. The van der Waals surface area contributed by atoms with Crippen LogP contribution in [0.25, 0.3) is 10.4 Å². The van der Waals surface area contributed by atoms with Crippen LogP contribution in [0.15, 0.2) is 90.1 Å². The molecule has 0 saturated carbocycles. The number of hydrogen-bond donors (Lipinski definition) is 1. The number of amides is 1. The number of thiazole rings is 1. The highest BCUT2D eigenvalue weighted by Crippen LogP contribution is 2.44. The lowest BCUT2D eigenvalue weighted by atomic mass is 9.94. The lowest BCUT2D eigenvalue weighted by Gasteiger charge is -2.30. The maximum Gasteiger partial charge on any atom is 0.341 e. The highest BCUT2D eigenvalue weighted by atomic mass is 32.1. The maximum absolute atomic E-state index is 14.4. The molecular weight excluding hydrogens is 477 g/mol. The van der Waals surface area contributed by atoms with Gasteiger partial charge in [0.05, 0.1) is 30.6 Å². The highest BCUT2D eigenvalue weighted by molar-refractivity contribution is 7.18. The molecule has 0 spiro atoms. The van der Waals surface area contributed by atoms with Gasteiger partial charge in [-0.25, -0.2) is 13.9 Å². The second-order valence-corrected chi connectivity index (χ2v) is 9.40. The molecule has 5 rings (SSSR count). The molecule has 1 atom stereocenters. The average molecular weight is 502 g/mol. The second kappa shape index (κ2) is 9.47. The molecule has 36 heavy (non-hydrogen) atoms. The van der Waals surface area contributed by atoms with E-state index in [1.165, 1.54) is 30.6 Å². The van der Waals surface area contributed by atoms with E-state index < -0.39 is 17.8 Å². The largest absolute Gasteiger partial charge is 0.841 e. The van der Waals surface area contributed by atoms with Crippen LogP contribution in [-0.4, -0.2) is 20.1 Å². The molecule has 0 bridgehead atoms. The number of benzene rings is 3. The number of anilines is 2.